The normalized spacial score (nSPS) is 12.3. The van der Waals surface area contributed by atoms with Crippen molar-refractivity contribution in [2.45, 2.75) is 0 Å². The molecule has 5 heterocycles. The van der Waals surface area contributed by atoms with E-state index in [0.29, 0.717) is 17.6 Å². The Morgan fingerprint density at radius 3 is 1.60 bits per heavy atom. The van der Waals surface area contributed by atoms with E-state index in [4.69, 9.17) is 19.4 Å². The lowest BCUT2D eigenvalue weighted by Gasteiger charge is -2.17. The zero-order valence-corrected chi connectivity index (χ0v) is 38.1. The van der Waals surface area contributed by atoms with Crippen LogP contribution in [-0.4, -0.2) is 24.1 Å². The van der Waals surface area contributed by atoms with Gasteiger partial charge in [0.05, 0.1) is 33.1 Å². The molecule has 0 N–H and O–H groups in total. The van der Waals surface area contributed by atoms with Crippen molar-refractivity contribution in [3.05, 3.63) is 212 Å². The van der Waals surface area contributed by atoms with E-state index in [1.165, 1.54) is 37.0 Å². The predicted octanol–water partition coefficient (Wildman–Crippen LogP) is 17.1. The van der Waals surface area contributed by atoms with Crippen LogP contribution in [0.4, 0.5) is 0 Å². The number of fused-ring (bicyclic) bond motifs is 16. The van der Waals surface area contributed by atoms with Gasteiger partial charge in [-0.05, 0) is 93.7 Å². The second-order valence-electron chi connectivity index (χ2n) is 18.3. The summed E-state index contributed by atoms with van der Waals surface area (Å²) in [5, 5.41) is 15.9. The Bertz CT molecular complexity index is 4770. The van der Waals surface area contributed by atoms with E-state index < -0.39 is 0 Å². The molecule has 0 bridgehead atoms. The lowest BCUT2D eigenvalue weighted by molar-refractivity contribution is 0.672. The summed E-state index contributed by atoms with van der Waals surface area (Å²) >= 11 is 1.78. The first-order valence-electron chi connectivity index (χ1n) is 23.6. The Morgan fingerprint density at radius 1 is 0.357 bits per heavy atom. The SMILES string of the molecule is c1ccc2cc3c(cc2c1)c1cc2ccccc2cc1n3-c1c(-c2nc(-c3cccc4c3sc3ccccc34)nc(-n3c4ccccc4c4ccccc43)n2)ccc2oc3c4ccccc4ccc3c12. The zero-order valence-electron chi connectivity index (χ0n) is 37.3. The average molecular weight is 910 g/mol. The number of rotatable bonds is 4. The van der Waals surface area contributed by atoms with Crippen molar-refractivity contribution in [3.8, 4) is 34.4 Å². The van der Waals surface area contributed by atoms with Crippen LogP contribution in [-0.2, 0) is 0 Å². The van der Waals surface area contributed by atoms with Crippen LogP contribution in [0.5, 0.6) is 0 Å². The highest BCUT2D eigenvalue weighted by molar-refractivity contribution is 7.26. The predicted molar refractivity (Wildman–Crippen MR) is 292 cm³/mol. The first kappa shape index (κ1) is 37.9. The molecule has 0 spiro atoms. The summed E-state index contributed by atoms with van der Waals surface area (Å²) in [6.45, 7) is 0. The number of para-hydroxylation sites is 2. The molecule has 5 aromatic heterocycles. The van der Waals surface area contributed by atoms with Crippen LogP contribution in [0.15, 0.2) is 217 Å². The van der Waals surface area contributed by atoms with Crippen molar-refractivity contribution in [3.63, 3.8) is 0 Å². The van der Waals surface area contributed by atoms with E-state index in [1.807, 2.05) is 0 Å². The molecule has 0 aliphatic rings. The van der Waals surface area contributed by atoms with Crippen molar-refractivity contribution in [2.75, 3.05) is 0 Å². The summed E-state index contributed by atoms with van der Waals surface area (Å²) in [6.07, 6.45) is 0. The highest BCUT2D eigenvalue weighted by Gasteiger charge is 2.27. The van der Waals surface area contributed by atoms with Crippen molar-refractivity contribution in [1.29, 1.82) is 0 Å². The molecule has 0 atom stereocenters. The van der Waals surface area contributed by atoms with E-state index >= 15 is 0 Å². The van der Waals surface area contributed by atoms with Gasteiger partial charge in [-0.2, -0.15) is 9.97 Å². The van der Waals surface area contributed by atoms with E-state index in [1.54, 1.807) is 11.3 Å². The number of furan rings is 1. The van der Waals surface area contributed by atoms with Crippen molar-refractivity contribution in [1.82, 2.24) is 24.1 Å². The third kappa shape index (κ3) is 5.29. The van der Waals surface area contributed by atoms with Gasteiger partial charge < -0.3 is 8.98 Å². The van der Waals surface area contributed by atoms with Crippen molar-refractivity contribution in [2.24, 2.45) is 0 Å². The van der Waals surface area contributed by atoms with Crippen LogP contribution < -0.4 is 0 Å². The third-order valence-electron chi connectivity index (χ3n) is 14.5. The second-order valence-corrected chi connectivity index (χ2v) is 19.4. The summed E-state index contributed by atoms with van der Waals surface area (Å²) in [7, 11) is 0. The Kier molecular flexibility index (Phi) is 7.67. The molecule has 0 radical (unpaired) electrons. The largest absolute Gasteiger partial charge is 0.455 e. The summed E-state index contributed by atoms with van der Waals surface area (Å²) in [4.78, 5) is 16.8. The Morgan fingerprint density at radius 2 is 0.914 bits per heavy atom. The van der Waals surface area contributed by atoms with E-state index in [-0.39, 0.29) is 0 Å². The second kappa shape index (κ2) is 14.2. The van der Waals surface area contributed by atoms with Gasteiger partial charge in [-0.3, -0.25) is 4.57 Å². The number of aromatic nitrogens is 5. The molecule has 11 aromatic carbocycles. The van der Waals surface area contributed by atoms with Gasteiger partial charge in [0.15, 0.2) is 11.6 Å². The molecule has 0 saturated carbocycles. The molecule has 0 aliphatic carbocycles. The van der Waals surface area contributed by atoms with Gasteiger partial charge in [-0.15, -0.1) is 11.3 Å². The maximum atomic E-state index is 7.04. The minimum Gasteiger partial charge on any atom is -0.455 e. The van der Waals surface area contributed by atoms with Gasteiger partial charge in [0, 0.05) is 63.6 Å². The van der Waals surface area contributed by atoms with Gasteiger partial charge in [-0.25, -0.2) is 4.98 Å². The zero-order chi connectivity index (χ0) is 45.6. The molecule has 7 heteroatoms. The highest BCUT2D eigenvalue weighted by atomic mass is 32.1. The minimum absolute atomic E-state index is 0.545. The molecular formula is C63H35N5OS. The van der Waals surface area contributed by atoms with Crippen LogP contribution in [0.1, 0.15) is 0 Å². The minimum atomic E-state index is 0.545. The van der Waals surface area contributed by atoms with E-state index in [2.05, 4.69) is 221 Å². The molecule has 6 nitrogen and oxygen atoms in total. The van der Waals surface area contributed by atoms with Gasteiger partial charge in [0.1, 0.15) is 11.2 Å². The van der Waals surface area contributed by atoms with Crippen LogP contribution in [0, 0.1) is 0 Å². The van der Waals surface area contributed by atoms with Crippen LogP contribution >= 0.6 is 11.3 Å². The fourth-order valence-electron chi connectivity index (χ4n) is 11.4. The maximum absolute atomic E-state index is 7.04. The van der Waals surface area contributed by atoms with Gasteiger partial charge in [0.25, 0.3) is 0 Å². The number of thiophene rings is 1. The standard InChI is InChI=1S/C63H35N5OS/c1-3-17-39-34-53-49(32-37(39)15-1)50-33-38-16-2-4-18-40(38)35-54(50)67(53)58-47(30-31-55-57(58)46-29-28-36-14-5-6-19-41(36)59(46)69-55)61-64-62(48-24-13-23-45-44-22-9-12-27-56(44)70-60(45)48)66-63(65-61)68-51-25-10-7-20-42(51)43-21-8-11-26-52(43)68/h1-35H. The molecule has 324 valence electrons. The van der Waals surface area contributed by atoms with Crippen molar-refractivity contribution < 1.29 is 4.42 Å². The van der Waals surface area contributed by atoms with Crippen molar-refractivity contribution >= 4 is 129 Å². The fourth-order valence-corrected chi connectivity index (χ4v) is 12.6. The maximum Gasteiger partial charge on any atom is 0.238 e. The third-order valence-corrected chi connectivity index (χ3v) is 15.7. The first-order valence-corrected chi connectivity index (χ1v) is 24.4. The van der Waals surface area contributed by atoms with Crippen LogP contribution in [0.3, 0.4) is 0 Å². The highest BCUT2D eigenvalue weighted by Crippen LogP contribution is 2.47. The molecule has 0 saturated heterocycles. The van der Waals surface area contributed by atoms with E-state index in [0.717, 1.165) is 97.8 Å². The molecule has 0 unspecified atom stereocenters. The number of benzene rings is 11. The molecular weight excluding hydrogens is 875 g/mol. The number of hydrogen-bond acceptors (Lipinski definition) is 5. The van der Waals surface area contributed by atoms with Gasteiger partial charge >= 0.3 is 0 Å². The summed E-state index contributed by atoms with van der Waals surface area (Å²) in [6, 6.07) is 76.1. The Labute approximate surface area is 402 Å². The summed E-state index contributed by atoms with van der Waals surface area (Å²) in [5.41, 5.74) is 8.62. The fraction of sp³-hybridized carbons (Fsp3) is 0. The molecule has 16 rings (SSSR count). The molecule has 16 aromatic rings. The molecule has 70 heavy (non-hydrogen) atoms. The summed E-state index contributed by atoms with van der Waals surface area (Å²) < 4.78 is 14.1. The average Bonchev–Trinajstić information content (AvgIpc) is 4.17. The number of nitrogens with zero attached hydrogens (tertiary/aromatic N) is 5. The molecule has 0 amide bonds. The van der Waals surface area contributed by atoms with Gasteiger partial charge in [-0.1, -0.05) is 146 Å². The molecule has 0 aliphatic heterocycles. The summed E-state index contributed by atoms with van der Waals surface area (Å²) in [5.74, 6) is 1.71. The quantitative estimate of drug-likeness (QED) is 0.176. The smallest absolute Gasteiger partial charge is 0.238 e. The first-order chi connectivity index (χ1) is 34.7. The monoisotopic (exact) mass is 909 g/mol. The lowest BCUT2D eigenvalue weighted by atomic mass is 10.0. The number of hydrogen-bond donors (Lipinski definition) is 0. The molecule has 0 fully saturated rings. The van der Waals surface area contributed by atoms with Gasteiger partial charge in [0.2, 0.25) is 5.95 Å². The Hall–Kier alpha value is -9.17. The van der Waals surface area contributed by atoms with E-state index in [9.17, 15) is 0 Å². The topological polar surface area (TPSA) is 61.7 Å². The van der Waals surface area contributed by atoms with Crippen LogP contribution in [0.2, 0.25) is 0 Å². The Balaban J connectivity index is 1.10. The van der Waals surface area contributed by atoms with Crippen LogP contribution in [0.25, 0.3) is 152 Å². The lowest BCUT2D eigenvalue weighted by Crippen LogP contribution is -2.08.